The van der Waals surface area contributed by atoms with E-state index >= 15 is 0 Å². The highest BCUT2D eigenvalue weighted by atomic mass is 16.3. The van der Waals surface area contributed by atoms with E-state index in [-0.39, 0.29) is 18.2 Å². The molecule has 2 fully saturated rings. The Morgan fingerprint density at radius 2 is 1.54 bits per heavy atom. The number of hydrogen-bond donors (Lipinski definition) is 1. The Bertz CT molecular complexity index is 598. The number of hydrogen-bond acceptors (Lipinski definition) is 3. The van der Waals surface area contributed by atoms with Gasteiger partial charge in [0.05, 0.1) is 12.0 Å². The van der Waals surface area contributed by atoms with Crippen molar-refractivity contribution in [2.45, 2.75) is 44.6 Å². The van der Waals surface area contributed by atoms with Gasteiger partial charge in [-0.25, -0.2) is 0 Å². The van der Waals surface area contributed by atoms with Crippen LogP contribution in [0.4, 0.5) is 0 Å². The molecule has 130 valence electrons. The van der Waals surface area contributed by atoms with Gasteiger partial charge in [0, 0.05) is 31.7 Å². The summed E-state index contributed by atoms with van der Waals surface area (Å²) in [6.07, 6.45) is 3.68. The third-order valence-corrected chi connectivity index (χ3v) is 5.23. The van der Waals surface area contributed by atoms with Crippen molar-refractivity contribution >= 4 is 11.8 Å². The zero-order valence-electron chi connectivity index (χ0n) is 14.3. The molecule has 2 amide bonds. The van der Waals surface area contributed by atoms with Crippen molar-refractivity contribution in [1.29, 1.82) is 0 Å². The summed E-state index contributed by atoms with van der Waals surface area (Å²) >= 11 is 0. The predicted octanol–water partition coefficient (Wildman–Crippen LogP) is 1.97. The number of aryl methyl sites for hydroxylation is 1. The van der Waals surface area contributed by atoms with Gasteiger partial charge in [0.1, 0.15) is 0 Å². The van der Waals surface area contributed by atoms with E-state index in [1.807, 2.05) is 31.2 Å². The fourth-order valence-corrected chi connectivity index (χ4v) is 3.64. The van der Waals surface area contributed by atoms with Crippen molar-refractivity contribution in [3.63, 3.8) is 0 Å². The quantitative estimate of drug-likeness (QED) is 0.922. The fraction of sp³-hybridized carbons (Fsp3) is 0.579. The molecule has 0 aromatic heterocycles. The Morgan fingerprint density at radius 3 is 2.12 bits per heavy atom. The molecule has 0 spiro atoms. The summed E-state index contributed by atoms with van der Waals surface area (Å²) in [5.74, 6) is 0.0401. The van der Waals surface area contributed by atoms with Gasteiger partial charge < -0.3 is 14.9 Å². The van der Waals surface area contributed by atoms with E-state index < -0.39 is 5.60 Å². The van der Waals surface area contributed by atoms with Gasteiger partial charge in [0.25, 0.3) is 5.91 Å². The number of carbonyl (C=O) groups is 2. The number of nitrogens with zero attached hydrogens (tertiary/aromatic N) is 2. The fourth-order valence-electron chi connectivity index (χ4n) is 3.64. The first-order chi connectivity index (χ1) is 11.5. The number of amides is 2. The van der Waals surface area contributed by atoms with Crippen LogP contribution < -0.4 is 0 Å². The molecule has 1 saturated carbocycles. The molecule has 5 heteroatoms. The number of benzene rings is 1. The minimum absolute atomic E-state index is 0.0156. The van der Waals surface area contributed by atoms with Gasteiger partial charge in [-0.1, -0.05) is 30.5 Å². The van der Waals surface area contributed by atoms with Crippen LogP contribution in [-0.4, -0.2) is 58.5 Å². The average molecular weight is 330 g/mol. The highest BCUT2D eigenvalue weighted by Gasteiger charge is 2.35. The predicted molar refractivity (Wildman–Crippen MR) is 91.7 cm³/mol. The minimum atomic E-state index is -0.800. The van der Waals surface area contributed by atoms with E-state index in [1.165, 1.54) is 0 Å². The summed E-state index contributed by atoms with van der Waals surface area (Å²) in [7, 11) is 0. The number of aliphatic hydroxyl groups is 1. The van der Waals surface area contributed by atoms with E-state index in [1.54, 1.807) is 9.80 Å². The Balaban J connectivity index is 1.52. The van der Waals surface area contributed by atoms with Crippen LogP contribution in [-0.2, 0) is 4.79 Å². The minimum Gasteiger partial charge on any atom is -0.389 e. The maximum Gasteiger partial charge on any atom is 0.253 e. The lowest BCUT2D eigenvalue weighted by Gasteiger charge is -2.36. The normalized spacial score (nSPS) is 20.2. The maximum atomic E-state index is 12.5. The van der Waals surface area contributed by atoms with Crippen LogP contribution in [0.15, 0.2) is 24.3 Å². The molecule has 1 aromatic rings. The summed E-state index contributed by atoms with van der Waals surface area (Å²) in [4.78, 5) is 28.5. The third-order valence-electron chi connectivity index (χ3n) is 5.23. The first-order valence-electron chi connectivity index (χ1n) is 8.83. The van der Waals surface area contributed by atoms with Gasteiger partial charge in [-0.05, 0) is 31.9 Å². The van der Waals surface area contributed by atoms with Crippen LogP contribution in [0.3, 0.4) is 0 Å². The van der Waals surface area contributed by atoms with Gasteiger partial charge in [0.2, 0.25) is 5.91 Å². The van der Waals surface area contributed by atoms with Crippen molar-refractivity contribution in [3.8, 4) is 0 Å². The molecular weight excluding hydrogens is 304 g/mol. The van der Waals surface area contributed by atoms with E-state index in [0.717, 1.165) is 31.2 Å². The van der Waals surface area contributed by atoms with Crippen LogP contribution in [0.2, 0.25) is 0 Å². The first kappa shape index (κ1) is 17.0. The molecule has 1 aliphatic heterocycles. The van der Waals surface area contributed by atoms with Crippen molar-refractivity contribution in [2.24, 2.45) is 0 Å². The van der Waals surface area contributed by atoms with Gasteiger partial charge in [-0.15, -0.1) is 0 Å². The van der Waals surface area contributed by atoms with E-state index in [2.05, 4.69) is 0 Å². The third kappa shape index (κ3) is 3.78. The molecule has 0 unspecified atom stereocenters. The number of carbonyl (C=O) groups excluding carboxylic acids is 2. The molecule has 1 N–H and O–H groups in total. The van der Waals surface area contributed by atoms with Crippen molar-refractivity contribution in [1.82, 2.24) is 9.80 Å². The Hall–Kier alpha value is -1.88. The number of piperazine rings is 1. The molecule has 0 atom stereocenters. The highest BCUT2D eigenvalue weighted by Crippen LogP contribution is 2.32. The lowest BCUT2D eigenvalue weighted by atomic mass is 9.97. The maximum absolute atomic E-state index is 12.5. The van der Waals surface area contributed by atoms with Gasteiger partial charge in [-0.2, -0.15) is 0 Å². The smallest absolute Gasteiger partial charge is 0.253 e. The molecule has 0 bridgehead atoms. The van der Waals surface area contributed by atoms with Gasteiger partial charge in [-0.3, -0.25) is 9.59 Å². The van der Waals surface area contributed by atoms with Crippen molar-refractivity contribution in [3.05, 3.63) is 35.4 Å². The summed E-state index contributed by atoms with van der Waals surface area (Å²) in [6, 6.07) is 7.58. The second kappa shape index (κ2) is 6.93. The first-order valence-corrected chi connectivity index (χ1v) is 8.83. The van der Waals surface area contributed by atoms with Gasteiger partial charge in [0.15, 0.2) is 0 Å². The van der Waals surface area contributed by atoms with E-state index in [0.29, 0.717) is 31.7 Å². The standard InChI is InChI=1S/C19H26N2O3/c1-15-4-6-16(7-5-15)18(23)21-12-10-20(11-13-21)17(22)14-19(24)8-2-3-9-19/h4-7,24H,2-3,8-14H2,1H3. The molecule has 0 radical (unpaired) electrons. The molecule has 5 nitrogen and oxygen atoms in total. The molecular formula is C19H26N2O3. The van der Waals surface area contributed by atoms with Crippen LogP contribution in [0.25, 0.3) is 0 Å². The van der Waals surface area contributed by atoms with Crippen molar-refractivity contribution < 1.29 is 14.7 Å². The monoisotopic (exact) mass is 330 g/mol. The Labute approximate surface area is 143 Å². The van der Waals surface area contributed by atoms with Crippen LogP contribution in [0, 0.1) is 6.92 Å². The Kier molecular flexibility index (Phi) is 4.90. The topological polar surface area (TPSA) is 60.9 Å². The molecule has 2 aliphatic rings. The van der Waals surface area contributed by atoms with E-state index in [9.17, 15) is 14.7 Å². The lowest BCUT2D eigenvalue weighted by molar-refractivity contribution is -0.137. The molecule has 1 aliphatic carbocycles. The zero-order valence-corrected chi connectivity index (χ0v) is 14.3. The average Bonchev–Trinajstić information content (AvgIpc) is 3.01. The van der Waals surface area contributed by atoms with E-state index in [4.69, 9.17) is 0 Å². The molecule has 3 rings (SSSR count). The Morgan fingerprint density at radius 1 is 1.00 bits per heavy atom. The second-order valence-corrected chi connectivity index (χ2v) is 7.15. The summed E-state index contributed by atoms with van der Waals surface area (Å²) in [5.41, 5.74) is 1.03. The summed E-state index contributed by atoms with van der Waals surface area (Å²) < 4.78 is 0. The molecule has 24 heavy (non-hydrogen) atoms. The van der Waals surface area contributed by atoms with Crippen LogP contribution in [0.1, 0.15) is 48.0 Å². The zero-order chi connectivity index (χ0) is 17.2. The van der Waals surface area contributed by atoms with Gasteiger partial charge >= 0.3 is 0 Å². The van der Waals surface area contributed by atoms with Crippen LogP contribution in [0.5, 0.6) is 0 Å². The molecule has 1 aromatic carbocycles. The van der Waals surface area contributed by atoms with Crippen molar-refractivity contribution in [2.75, 3.05) is 26.2 Å². The summed E-state index contributed by atoms with van der Waals surface area (Å²) in [5, 5.41) is 10.4. The van der Waals surface area contributed by atoms with Crippen LogP contribution >= 0.6 is 0 Å². The molecule has 1 heterocycles. The SMILES string of the molecule is Cc1ccc(C(=O)N2CCN(C(=O)CC3(O)CCCC3)CC2)cc1. The highest BCUT2D eigenvalue weighted by molar-refractivity contribution is 5.94. The lowest BCUT2D eigenvalue weighted by Crippen LogP contribution is -2.51. The summed E-state index contributed by atoms with van der Waals surface area (Å²) in [6.45, 7) is 4.20. The number of rotatable bonds is 3. The largest absolute Gasteiger partial charge is 0.389 e. The second-order valence-electron chi connectivity index (χ2n) is 7.15. The molecule has 1 saturated heterocycles.